The summed E-state index contributed by atoms with van der Waals surface area (Å²) in [7, 11) is 0. The van der Waals surface area contributed by atoms with Crippen molar-refractivity contribution in [3.63, 3.8) is 0 Å². The van der Waals surface area contributed by atoms with E-state index < -0.39 is 18.4 Å². The Balaban J connectivity index is 2.23. The number of hydrogen-bond donors (Lipinski definition) is 1. The Morgan fingerprint density at radius 2 is 1.63 bits per heavy atom. The van der Waals surface area contributed by atoms with Crippen LogP contribution >= 0.6 is 0 Å². The fraction of sp³-hybridized carbons (Fsp3) is 0.235. The number of hydrogen-bond acceptors (Lipinski definition) is 2. The molecule has 1 N–H and O–H groups in total. The summed E-state index contributed by atoms with van der Waals surface area (Å²) in [4.78, 5) is 12.3. The van der Waals surface area contributed by atoms with Crippen molar-refractivity contribution >= 4 is 5.78 Å². The minimum atomic E-state index is -1.98. The molecule has 0 aromatic heterocycles. The molecular weight excluding hydrogens is 236 g/mol. The molecule has 0 aliphatic heterocycles. The van der Waals surface area contributed by atoms with E-state index in [0.29, 0.717) is 11.1 Å². The van der Waals surface area contributed by atoms with Gasteiger partial charge in [-0.05, 0) is 11.9 Å². The summed E-state index contributed by atoms with van der Waals surface area (Å²) in [5.74, 6) is -1.09. The Bertz CT molecular complexity index is 597. The first-order chi connectivity index (χ1) is 9.94. The maximum absolute atomic E-state index is 12.3. The third-order valence-electron chi connectivity index (χ3n) is 3.03. The quantitative estimate of drug-likeness (QED) is 0.835. The van der Waals surface area contributed by atoms with Gasteiger partial charge in [-0.25, -0.2) is 0 Å². The largest absolute Gasteiger partial charge is 0.392 e. The van der Waals surface area contributed by atoms with Crippen LogP contribution in [0.5, 0.6) is 0 Å². The number of Topliss-reactive ketones (excluding diaryl/α,β-unsaturated/α-hetero) is 1. The summed E-state index contributed by atoms with van der Waals surface area (Å²) < 4.78 is 16.2. The van der Waals surface area contributed by atoms with Crippen molar-refractivity contribution in [3.05, 3.63) is 71.8 Å². The van der Waals surface area contributed by atoms with E-state index in [1.807, 2.05) is 0 Å². The van der Waals surface area contributed by atoms with Crippen LogP contribution in [0.4, 0.5) is 0 Å². The predicted molar refractivity (Wildman–Crippen MR) is 76.1 cm³/mol. The van der Waals surface area contributed by atoms with Crippen molar-refractivity contribution in [2.24, 2.45) is 5.92 Å². The molecule has 0 saturated heterocycles. The molecule has 2 atom stereocenters. The van der Waals surface area contributed by atoms with Gasteiger partial charge in [-0.3, -0.25) is 4.79 Å². The Hall–Kier alpha value is -1.93. The van der Waals surface area contributed by atoms with Gasteiger partial charge in [0.1, 0.15) is 0 Å². The maximum atomic E-state index is 12.3. The summed E-state index contributed by atoms with van der Waals surface area (Å²) in [6.07, 6.45) is -3.39. The van der Waals surface area contributed by atoms with Crippen LogP contribution in [0, 0.1) is 5.92 Å². The lowest BCUT2D eigenvalue weighted by Crippen LogP contribution is -2.27. The first-order valence-electron chi connectivity index (χ1n) is 7.27. The highest BCUT2D eigenvalue weighted by atomic mass is 16.3. The lowest BCUT2D eigenvalue weighted by atomic mass is 9.91. The molecule has 2 nitrogen and oxygen atoms in total. The van der Waals surface area contributed by atoms with Crippen LogP contribution in [-0.2, 0) is 6.37 Å². The third kappa shape index (κ3) is 3.52. The number of aliphatic hydroxyl groups is 1. The van der Waals surface area contributed by atoms with E-state index in [1.165, 1.54) is 0 Å². The van der Waals surface area contributed by atoms with Crippen LogP contribution < -0.4 is 0 Å². The fourth-order valence-electron chi connectivity index (χ4n) is 1.84. The Labute approximate surface area is 116 Å². The minimum absolute atomic E-state index is 0.261. The van der Waals surface area contributed by atoms with E-state index in [4.69, 9.17) is 2.74 Å². The zero-order valence-corrected chi connectivity index (χ0v) is 10.8. The van der Waals surface area contributed by atoms with Gasteiger partial charge >= 0.3 is 0 Å². The zero-order valence-electron chi connectivity index (χ0n) is 12.8. The topological polar surface area (TPSA) is 37.3 Å². The van der Waals surface area contributed by atoms with Crippen molar-refractivity contribution in [2.75, 3.05) is 0 Å². The van der Waals surface area contributed by atoms with Gasteiger partial charge in [0.2, 0.25) is 0 Å². The number of rotatable bonds is 5. The first-order valence-corrected chi connectivity index (χ1v) is 6.27. The molecule has 0 radical (unpaired) electrons. The Morgan fingerprint density at radius 3 is 2.21 bits per heavy atom. The Morgan fingerprint density at radius 1 is 1.11 bits per heavy atom. The molecule has 2 heteroatoms. The molecule has 98 valence electrons. The van der Waals surface area contributed by atoms with E-state index >= 15 is 0 Å². The molecule has 2 aromatic carbocycles. The smallest absolute Gasteiger partial charge is 0.168 e. The molecule has 0 aliphatic rings. The van der Waals surface area contributed by atoms with Crippen LogP contribution in [0.15, 0.2) is 60.7 Å². The number of benzene rings is 2. The number of carbonyl (C=O) groups excluding carboxylic acids is 1. The molecule has 2 rings (SSSR count). The normalized spacial score (nSPS) is 16.1. The van der Waals surface area contributed by atoms with E-state index in [-0.39, 0.29) is 5.78 Å². The summed E-state index contributed by atoms with van der Waals surface area (Å²) in [5, 5.41) is 10.3. The summed E-state index contributed by atoms with van der Waals surface area (Å²) in [6, 6.07) is 17.1. The average molecular weight is 256 g/mol. The highest BCUT2D eigenvalue weighted by Crippen LogP contribution is 2.16. The molecule has 0 saturated carbocycles. The third-order valence-corrected chi connectivity index (χ3v) is 3.03. The van der Waals surface area contributed by atoms with Crippen LogP contribution in [0.2, 0.25) is 0 Å². The van der Waals surface area contributed by atoms with Gasteiger partial charge in [0.25, 0.3) is 0 Å². The van der Waals surface area contributed by atoms with Gasteiger partial charge in [0.05, 0.1) is 6.10 Å². The molecule has 19 heavy (non-hydrogen) atoms. The van der Waals surface area contributed by atoms with Gasteiger partial charge in [0.15, 0.2) is 5.78 Å². The molecule has 0 fully saturated rings. The maximum Gasteiger partial charge on any atom is 0.168 e. The summed E-state index contributed by atoms with van der Waals surface area (Å²) in [6.45, 7) is 1.56. The van der Waals surface area contributed by atoms with Gasteiger partial charge < -0.3 is 5.11 Å². The van der Waals surface area contributed by atoms with Crippen LogP contribution in [0.3, 0.4) is 0 Å². The van der Waals surface area contributed by atoms with Gasteiger partial charge in [-0.1, -0.05) is 67.6 Å². The number of carbonyl (C=O) groups is 1. The molecular formula is C17H18O2. The molecule has 0 spiro atoms. The van der Waals surface area contributed by atoms with E-state index in [1.54, 1.807) is 67.6 Å². The fourth-order valence-corrected chi connectivity index (χ4v) is 1.84. The van der Waals surface area contributed by atoms with Crippen LogP contribution in [-0.4, -0.2) is 17.0 Å². The van der Waals surface area contributed by atoms with Crippen molar-refractivity contribution < 1.29 is 12.6 Å². The van der Waals surface area contributed by atoms with E-state index in [9.17, 15) is 9.90 Å². The second-order valence-electron chi connectivity index (χ2n) is 4.47. The second kappa shape index (κ2) is 6.30. The van der Waals surface area contributed by atoms with Gasteiger partial charge in [0, 0.05) is 14.2 Å². The highest BCUT2D eigenvalue weighted by molar-refractivity contribution is 5.97. The van der Waals surface area contributed by atoms with Gasteiger partial charge in [-0.15, -0.1) is 0 Å². The minimum Gasteiger partial charge on any atom is -0.392 e. The van der Waals surface area contributed by atoms with Crippen molar-refractivity contribution in [3.8, 4) is 0 Å². The molecule has 0 bridgehead atoms. The van der Waals surface area contributed by atoms with Crippen LogP contribution in [0.25, 0.3) is 0 Å². The number of ketones is 1. The molecule has 0 aliphatic carbocycles. The summed E-state index contributed by atoms with van der Waals surface area (Å²) in [5.41, 5.74) is 0.845. The first kappa shape index (κ1) is 10.9. The summed E-state index contributed by atoms with van der Waals surface area (Å²) >= 11 is 0. The molecule has 2 aromatic rings. The lowest BCUT2D eigenvalue weighted by molar-refractivity contribution is 0.0716. The molecule has 0 unspecified atom stereocenters. The monoisotopic (exact) mass is 256 g/mol. The van der Waals surface area contributed by atoms with E-state index in [2.05, 4.69) is 0 Å². The number of aliphatic hydroxyl groups excluding tert-OH is 1. The lowest BCUT2D eigenvalue weighted by Gasteiger charge is -2.18. The second-order valence-corrected chi connectivity index (χ2v) is 4.47. The molecule has 0 heterocycles. The standard InChI is InChI=1S/C17H18O2/c1-13(17(19)15-10-6-3-7-11-15)16(18)12-14-8-4-2-5-9-14/h2-11,13,16,18H,12H2,1H3/t13-,16+/m1/s1/i12D2. The SMILES string of the molecule is [2H]C([2H])(c1ccccc1)[C@H](O)[C@@H](C)C(=O)c1ccccc1. The average Bonchev–Trinajstić information content (AvgIpc) is 2.54. The van der Waals surface area contributed by atoms with Crippen molar-refractivity contribution in [2.45, 2.75) is 19.4 Å². The predicted octanol–water partition coefficient (Wildman–Crippen LogP) is 3.11. The Kier molecular flexibility index (Phi) is 3.63. The van der Waals surface area contributed by atoms with Crippen LogP contribution in [0.1, 0.15) is 25.6 Å². The van der Waals surface area contributed by atoms with Gasteiger partial charge in [-0.2, -0.15) is 0 Å². The van der Waals surface area contributed by atoms with Crippen molar-refractivity contribution in [1.82, 2.24) is 0 Å². The van der Waals surface area contributed by atoms with Crippen molar-refractivity contribution in [1.29, 1.82) is 0 Å². The zero-order chi connectivity index (χ0) is 15.5. The van der Waals surface area contributed by atoms with E-state index in [0.717, 1.165) is 0 Å². The molecule has 0 amide bonds. The highest BCUT2D eigenvalue weighted by Gasteiger charge is 2.23.